The Kier molecular flexibility index (Phi) is 7.08. The molecule has 0 aliphatic carbocycles. The summed E-state index contributed by atoms with van der Waals surface area (Å²) in [5.41, 5.74) is -0.654. The molecular weight excluding hydrogens is 383 g/mol. The van der Waals surface area contributed by atoms with Crippen LogP contribution in [-0.2, 0) is 17.4 Å². The maximum absolute atomic E-state index is 12.9. The number of carbonyl (C=O) groups is 1. The fourth-order valence-electron chi connectivity index (χ4n) is 2.89. The zero-order chi connectivity index (χ0) is 21.8. The van der Waals surface area contributed by atoms with Gasteiger partial charge in [0.05, 0.1) is 5.56 Å². The van der Waals surface area contributed by atoms with Gasteiger partial charge < -0.3 is 9.42 Å². The highest BCUT2D eigenvalue weighted by molar-refractivity contribution is 5.77. The van der Waals surface area contributed by atoms with Crippen molar-refractivity contribution in [2.75, 3.05) is 6.54 Å². The van der Waals surface area contributed by atoms with Gasteiger partial charge in [-0.2, -0.15) is 18.2 Å². The number of carbonyl (C=O) groups excluding carboxylic acids is 1. The molecule has 1 atom stereocenters. The van der Waals surface area contributed by atoms with Crippen LogP contribution in [0.1, 0.15) is 58.9 Å². The standard InChI is InChI=1S/C21H28F3N3O2/c1-6-14(2)27(18(28)13-20(3,4)5)11-10-17-25-19(26-29-17)15-8-7-9-16(12-15)21(22,23)24/h7-9,12,14H,6,10-11,13H2,1-5H3/t14-/m0/s1. The molecule has 8 heteroatoms. The third-order valence-electron chi connectivity index (χ3n) is 4.61. The van der Waals surface area contributed by atoms with Gasteiger partial charge >= 0.3 is 6.18 Å². The van der Waals surface area contributed by atoms with Gasteiger partial charge in [-0.1, -0.05) is 45.0 Å². The van der Waals surface area contributed by atoms with Crippen molar-refractivity contribution < 1.29 is 22.5 Å². The first-order chi connectivity index (χ1) is 13.4. The number of hydrogen-bond donors (Lipinski definition) is 0. The van der Waals surface area contributed by atoms with Crippen molar-refractivity contribution in [2.45, 2.75) is 66.1 Å². The lowest BCUT2D eigenvalue weighted by Gasteiger charge is -2.31. The molecular formula is C21H28F3N3O2. The lowest BCUT2D eigenvalue weighted by molar-refractivity contribution is -0.137. The summed E-state index contributed by atoms with van der Waals surface area (Å²) < 4.78 is 43.9. The van der Waals surface area contributed by atoms with E-state index in [-0.39, 0.29) is 34.6 Å². The van der Waals surface area contributed by atoms with E-state index in [0.29, 0.717) is 19.4 Å². The number of aromatic nitrogens is 2. The van der Waals surface area contributed by atoms with Crippen LogP contribution < -0.4 is 0 Å². The fraction of sp³-hybridized carbons (Fsp3) is 0.571. The number of amides is 1. The van der Waals surface area contributed by atoms with Crippen LogP contribution in [0, 0.1) is 5.41 Å². The summed E-state index contributed by atoms with van der Waals surface area (Å²) in [7, 11) is 0. The minimum Gasteiger partial charge on any atom is -0.339 e. The quantitative estimate of drug-likeness (QED) is 0.615. The summed E-state index contributed by atoms with van der Waals surface area (Å²) in [6, 6.07) is 4.87. The topological polar surface area (TPSA) is 59.2 Å². The van der Waals surface area contributed by atoms with Crippen LogP contribution in [0.5, 0.6) is 0 Å². The number of rotatable bonds is 7. The molecule has 0 saturated carbocycles. The van der Waals surface area contributed by atoms with E-state index in [0.717, 1.165) is 18.6 Å². The highest BCUT2D eigenvalue weighted by Gasteiger charge is 2.31. The van der Waals surface area contributed by atoms with Crippen molar-refractivity contribution in [3.8, 4) is 11.4 Å². The van der Waals surface area contributed by atoms with E-state index in [2.05, 4.69) is 10.1 Å². The van der Waals surface area contributed by atoms with Gasteiger partial charge in [0.15, 0.2) is 0 Å². The van der Waals surface area contributed by atoms with E-state index in [1.165, 1.54) is 12.1 Å². The number of nitrogens with zero attached hydrogens (tertiary/aromatic N) is 3. The van der Waals surface area contributed by atoms with E-state index < -0.39 is 11.7 Å². The zero-order valence-corrected chi connectivity index (χ0v) is 17.5. The molecule has 0 unspecified atom stereocenters. The minimum atomic E-state index is -4.44. The van der Waals surface area contributed by atoms with Crippen molar-refractivity contribution in [3.63, 3.8) is 0 Å². The molecule has 160 valence electrons. The zero-order valence-electron chi connectivity index (χ0n) is 17.5. The Bertz CT molecular complexity index is 825. The van der Waals surface area contributed by atoms with Crippen LogP contribution in [-0.4, -0.2) is 33.5 Å². The molecule has 0 aliphatic heterocycles. The molecule has 0 spiro atoms. The first kappa shape index (κ1) is 22.9. The molecule has 0 bridgehead atoms. The molecule has 0 aliphatic rings. The Morgan fingerprint density at radius 3 is 2.52 bits per heavy atom. The van der Waals surface area contributed by atoms with Crippen LogP contribution >= 0.6 is 0 Å². The third-order valence-corrected chi connectivity index (χ3v) is 4.61. The second-order valence-electron chi connectivity index (χ2n) is 8.42. The molecule has 0 N–H and O–H groups in total. The van der Waals surface area contributed by atoms with Gasteiger partial charge in [-0.25, -0.2) is 0 Å². The average molecular weight is 411 g/mol. The fourth-order valence-corrected chi connectivity index (χ4v) is 2.89. The van der Waals surface area contributed by atoms with Crippen LogP contribution in [0.2, 0.25) is 0 Å². The number of hydrogen-bond acceptors (Lipinski definition) is 4. The van der Waals surface area contributed by atoms with Gasteiger partial charge in [0.2, 0.25) is 17.6 Å². The second kappa shape index (κ2) is 8.97. The first-order valence-corrected chi connectivity index (χ1v) is 9.70. The van der Waals surface area contributed by atoms with Gasteiger partial charge in [0, 0.05) is 31.0 Å². The van der Waals surface area contributed by atoms with E-state index in [9.17, 15) is 18.0 Å². The molecule has 1 heterocycles. The van der Waals surface area contributed by atoms with Crippen LogP contribution in [0.25, 0.3) is 11.4 Å². The smallest absolute Gasteiger partial charge is 0.339 e. The minimum absolute atomic E-state index is 0.0597. The SMILES string of the molecule is CC[C@H](C)N(CCc1nc(-c2cccc(C(F)(F)F)c2)no1)C(=O)CC(C)(C)C. The van der Waals surface area contributed by atoms with Crippen LogP contribution in [0.15, 0.2) is 28.8 Å². The molecule has 0 fully saturated rings. The van der Waals surface area contributed by atoms with Crippen molar-refractivity contribution >= 4 is 5.91 Å². The van der Waals surface area contributed by atoms with Gasteiger partial charge in [-0.05, 0) is 30.9 Å². The van der Waals surface area contributed by atoms with Crippen LogP contribution in [0.3, 0.4) is 0 Å². The first-order valence-electron chi connectivity index (χ1n) is 9.70. The predicted molar refractivity (Wildman–Crippen MR) is 104 cm³/mol. The van der Waals surface area contributed by atoms with Crippen molar-refractivity contribution in [1.29, 1.82) is 0 Å². The average Bonchev–Trinajstić information content (AvgIpc) is 3.08. The molecule has 0 radical (unpaired) electrons. The monoisotopic (exact) mass is 411 g/mol. The number of alkyl halides is 3. The Labute approximate surface area is 169 Å². The molecule has 1 aromatic carbocycles. The lowest BCUT2D eigenvalue weighted by Crippen LogP contribution is -2.41. The summed E-state index contributed by atoms with van der Waals surface area (Å²) in [4.78, 5) is 18.7. The molecule has 5 nitrogen and oxygen atoms in total. The normalized spacial score (nSPS) is 13.4. The summed E-state index contributed by atoms with van der Waals surface area (Å²) in [5, 5.41) is 3.80. The van der Waals surface area contributed by atoms with E-state index >= 15 is 0 Å². The van der Waals surface area contributed by atoms with Gasteiger partial charge in [0.1, 0.15) is 0 Å². The lowest BCUT2D eigenvalue weighted by atomic mass is 9.91. The highest BCUT2D eigenvalue weighted by atomic mass is 19.4. The number of halogens is 3. The van der Waals surface area contributed by atoms with Crippen molar-refractivity contribution in [2.24, 2.45) is 5.41 Å². The summed E-state index contributed by atoms with van der Waals surface area (Å²) >= 11 is 0. The Balaban J connectivity index is 2.11. The second-order valence-corrected chi connectivity index (χ2v) is 8.42. The largest absolute Gasteiger partial charge is 0.416 e. The Morgan fingerprint density at radius 1 is 1.24 bits per heavy atom. The maximum Gasteiger partial charge on any atom is 0.416 e. The molecule has 29 heavy (non-hydrogen) atoms. The van der Waals surface area contributed by atoms with Gasteiger partial charge in [-0.3, -0.25) is 4.79 Å². The Morgan fingerprint density at radius 2 is 1.93 bits per heavy atom. The summed E-state index contributed by atoms with van der Waals surface area (Å²) in [6.45, 7) is 10.5. The Hall–Kier alpha value is -2.38. The van der Waals surface area contributed by atoms with Crippen molar-refractivity contribution in [1.82, 2.24) is 15.0 Å². The number of benzene rings is 1. The summed E-state index contributed by atoms with van der Waals surface area (Å²) in [5.74, 6) is 0.445. The van der Waals surface area contributed by atoms with Crippen molar-refractivity contribution in [3.05, 3.63) is 35.7 Å². The molecule has 2 rings (SSSR count). The molecule has 1 amide bonds. The predicted octanol–water partition coefficient (Wildman–Crippen LogP) is 5.36. The maximum atomic E-state index is 12.9. The molecule has 2 aromatic rings. The van der Waals surface area contributed by atoms with Gasteiger partial charge in [0.25, 0.3) is 0 Å². The van der Waals surface area contributed by atoms with E-state index in [1.54, 1.807) is 4.90 Å². The summed E-state index contributed by atoms with van der Waals surface area (Å²) in [6.07, 6.45) is -2.86. The van der Waals surface area contributed by atoms with E-state index in [4.69, 9.17) is 4.52 Å². The molecule has 1 aromatic heterocycles. The third kappa shape index (κ3) is 6.58. The van der Waals surface area contributed by atoms with Crippen LogP contribution in [0.4, 0.5) is 13.2 Å². The highest BCUT2D eigenvalue weighted by Crippen LogP contribution is 2.31. The van der Waals surface area contributed by atoms with E-state index in [1.807, 2.05) is 34.6 Å². The molecule has 0 saturated heterocycles. The van der Waals surface area contributed by atoms with Gasteiger partial charge in [-0.15, -0.1) is 0 Å².